The summed E-state index contributed by atoms with van der Waals surface area (Å²) in [5.74, 6) is 4.73. The molecule has 2 N–H and O–H groups in total. The van der Waals surface area contributed by atoms with Crippen LogP contribution in [0.15, 0.2) is 22.6 Å². The summed E-state index contributed by atoms with van der Waals surface area (Å²) in [4.78, 5) is 15.0. The molecule has 0 radical (unpaired) electrons. The van der Waals surface area contributed by atoms with Gasteiger partial charge in [0.15, 0.2) is 5.58 Å². The van der Waals surface area contributed by atoms with E-state index in [2.05, 4.69) is 22.1 Å². The Labute approximate surface area is 104 Å². The van der Waals surface area contributed by atoms with Gasteiger partial charge in [-0.1, -0.05) is 0 Å². The standard InChI is InChI=1S/C13H12N2O3/c1-2-3-4-7-14-13-15-10-6-5-9(12(16)17)8-11(10)18-13/h5-6,8H,4,7H2,1H3,(H,14,15)(H,16,17). The molecule has 0 aliphatic carbocycles. The smallest absolute Gasteiger partial charge is 0.335 e. The summed E-state index contributed by atoms with van der Waals surface area (Å²) in [6.45, 7) is 2.42. The normalized spacial score (nSPS) is 9.83. The van der Waals surface area contributed by atoms with E-state index in [9.17, 15) is 4.79 Å². The van der Waals surface area contributed by atoms with Crippen LogP contribution in [0.4, 0.5) is 6.01 Å². The van der Waals surface area contributed by atoms with Crippen LogP contribution in [0.2, 0.25) is 0 Å². The molecule has 0 saturated heterocycles. The number of carboxylic acid groups (broad SMARTS) is 1. The largest absolute Gasteiger partial charge is 0.478 e. The zero-order valence-corrected chi connectivity index (χ0v) is 9.86. The third-order valence-corrected chi connectivity index (χ3v) is 2.34. The zero-order valence-electron chi connectivity index (χ0n) is 9.86. The molecule has 0 aliphatic rings. The minimum absolute atomic E-state index is 0.182. The Bertz CT molecular complexity index is 634. The molecule has 0 saturated carbocycles. The number of carbonyl (C=O) groups is 1. The van der Waals surface area contributed by atoms with Gasteiger partial charge in [0.2, 0.25) is 0 Å². The number of nitrogens with one attached hydrogen (secondary N) is 1. The topological polar surface area (TPSA) is 75.4 Å². The van der Waals surface area contributed by atoms with E-state index < -0.39 is 5.97 Å². The third kappa shape index (κ3) is 2.61. The molecule has 0 aliphatic heterocycles. The molecule has 2 aromatic rings. The fourth-order valence-corrected chi connectivity index (χ4v) is 1.49. The van der Waals surface area contributed by atoms with Crippen LogP contribution in [-0.4, -0.2) is 22.6 Å². The second-order valence-corrected chi connectivity index (χ2v) is 3.61. The molecule has 1 aromatic heterocycles. The minimum Gasteiger partial charge on any atom is -0.478 e. The van der Waals surface area contributed by atoms with Crippen molar-refractivity contribution in [2.45, 2.75) is 13.3 Å². The summed E-state index contributed by atoms with van der Waals surface area (Å²) >= 11 is 0. The lowest BCUT2D eigenvalue weighted by atomic mass is 10.2. The molecule has 18 heavy (non-hydrogen) atoms. The van der Waals surface area contributed by atoms with Crippen molar-refractivity contribution >= 4 is 23.1 Å². The summed E-state index contributed by atoms with van der Waals surface area (Å²) in [6, 6.07) is 4.96. The lowest BCUT2D eigenvalue weighted by Crippen LogP contribution is -1.99. The summed E-state index contributed by atoms with van der Waals surface area (Å²) < 4.78 is 5.41. The molecule has 1 heterocycles. The number of aromatic nitrogens is 1. The summed E-state index contributed by atoms with van der Waals surface area (Å²) in [6.07, 6.45) is 0.704. The zero-order chi connectivity index (χ0) is 13.0. The fraction of sp³-hybridized carbons (Fsp3) is 0.231. The number of oxazole rings is 1. The van der Waals surface area contributed by atoms with Gasteiger partial charge in [-0.15, -0.1) is 11.8 Å². The van der Waals surface area contributed by atoms with Crippen molar-refractivity contribution in [3.8, 4) is 11.8 Å². The maximum absolute atomic E-state index is 10.8. The van der Waals surface area contributed by atoms with E-state index in [1.807, 2.05) is 0 Å². The maximum Gasteiger partial charge on any atom is 0.335 e. The van der Waals surface area contributed by atoms with Crippen molar-refractivity contribution in [3.63, 3.8) is 0 Å². The summed E-state index contributed by atoms with van der Waals surface area (Å²) in [5.41, 5.74) is 1.27. The van der Waals surface area contributed by atoms with Gasteiger partial charge in [-0.3, -0.25) is 0 Å². The number of carboxylic acids is 1. The third-order valence-electron chi connectivity index (χ3n) is 2.34. The van der Waals surface area contributed by atoms with Gasteiger partial charge < -0.3 is 14.8 Å². The monoisotopic (exact) mass is 244 g/mol. The Balaban J connectivity index is 2.16. The molecule has 5 heteroatoms. The molecule has 0 bridgehead atoms. The number of benzene rings is 1. The molecule has 0 spiro atoms. The highest BCUT2D eigenvalue weighted by atomic mass is 16.4. The highest BCUT2D eigenvalue weighted by molar-refractivity contribution is 5.92. The Morgan fingerprint density at radius 2 is 2.39 bits per heavy atom. The number of rotatable bonds is 4. The number of nitrogens with zero attached hydrogens (tertiary/aromatic N) is 1. The van der Waals surface area contributed by atoms with Gasteiger partial charge in [0.05, 0.1) is 5.56 Å². The quantitative estimate of drug-likeness (QED) is 0.637. The summed E-state index contributed by atoms with van der Waals surface area (Å²) in [5, 5.41) is 11.8. The van der Waals surface area contributed by atoms with Crippen LogP contribution < -0.4 is 5.32 Å². The first kappa shape index (κ1) is 12.0. The van der Waals surface area contributed by atoms with E-state index in [0.29, 0.717) is 30.1 Å². The molecule has 5 nitrogen and oxygen atoms in total. The van der Waals surface area contributed by atoms with E-state index in [1.165, 1.54) is 12.1 Å². The van der Waals surface area contributed by atoms with E-state index in [4.69, 9.17) is 9.52 Å². The summed E-state index contributed by atoms with van der Waals surface area (Å²) in [7, 11) is 0. The van der Waals surface area contributed by atoms with Crippen molar-refractivity contribution in [1.29, 1.82) is 0 Å². The molecule has 0 unspecified atom stereocenters. The molecule has 0 amide bonds. The van der Waals surface area contributed by atoms with Gasteiger partial charge in [0, 0.05) is 13.0 Å². The van der Waals surface area contributed by atoms with E-state index in [0.717, 1.165) is 0 Å². The van der Waals surface area contributed by atoms with Crippen molar-refractivity contribution in [2.75, 3.05) is 11.9 Å². The second-order valence-electron chi connectivity index (χ2n) is 3.61. The molecule has 92 valence electrons. The van der Waals surface area contributed by atoms with Gasteiger partial charge in [0.1, 0.15) is 5.52 Å². The van der Waals surface area contributed by atoms with Crippen LogP contribution in [0.3, 0.4) is 0 Å². The molecular weight excluding hydrogens is 232 g/mol. The van der Waals surface area contributed by atoms with Crippen molar-refractivity contribution in [1.82, 2.24) is 4.98 Å². The maximum atomic E-state index is 10.8. The van der Waals surface area contributed by atoms with E-state index >= 15 is 0 Å². The number of anilines is 1. The van der Waals surface area contributed by atoms with Gasteiger partial charge in [-0.2, -0.15) is 4.98 Å². The van der Waals surface area contributed by atoms with Crippen molar-refractivity contribution in [3.05, 3.63) is 23.8 Å². The average molecular weight is 244 g/mol. The predicted octanol–water partition coefficient (Wildman–Crippen LogP) is 2.35. The minimum atomic E-state index is -0.985. The predicted molar refractivity (Wildman–Crippen MR) is 67.5 cm³/mol. The fourth-order valence-electron chi connectivity index (χ4n) is 1.49. The SMILES string of the molecule is CC#CCCNc1nc2ccc(C(=O)O)cc2o1. The number of fused-ring (bicyclic) bond motifs is 1. The van der Waals surface area contributed by atoms with Crippen LogP contribution in [0.1, 0.15) is 23.7 Å². The van der Waals surface area contributed by atoms with Crippen LogP contribution in [0, 0.1) is 11.8 Å². The van der Waals surface area contributed by atoms with Gasteiger partial charge in [-0.25, -0.2) is 4.79 Å². The van der Waals surface area contributed by atoms with Crippen molar-refractivity contribution in [2.24, 2.45) is 0 Å². The van der Waals surface area contributed by atoms with Crippen molar-refractivity contribution < 1.29 is 14.3 Å². The lowest BCUT2D eigenvalue weighted by Gasteiger charge is -1.95. The van der Waals surface area contributed by atoms with E-state index in [1.54, 1.807) is 13.0 Å². The Hall–Kier alpha value is -2.48. The highest BCUT2D eigenvalue weighted by Crippen LogP contribution is 2.20. The second kappa shape index (κ2) is 5.23. The molecule has 1 aromatic carbocycles. The first-order valence-electron chi connectivity index (χ1n) is 5.48. The molecule has 2 rings (SSSR count). The first-order valence-corrected chi connectivity index (χ1v) is 5.48. The van der Waals surface area contributed by atoms with Crippen LogP contribution in [0.25, 0.3) is 11.1 Å². The van der Waals surface area contributed by atoms with Gasteiger partial charge >= 0.3 is 5.97 Å². The Morgan fingerprint density at radius 1 is 1.56 bits per heavy atom. The number of hydrogen-bond donors (Lipinski definition) is 2. The van der Waals surface area contributed by atoms with Gasteiger partial charge in [-0.05, 0) is 25.1 Å². The van der Waals surface area contributed by atoms with Gasteiger partial charge in [0.25, 0.3) is 6.01 Å². The number of hydrogen-bond acceptors (Lipinski definition) is 4. The average Bonchev–Trinajstić information content (AvgIpc) is 2.76. The Morgan fingerprint density at radius 3 is 3.11 bits per heavy atom. The number of aromatic carboxylic acids is 1. The van der Waals surface area contributed by atoms with Crippen LogP contribution >= 0.6 is 0 Å². The first-order chi connectivity index (χ1) is 8.70. The molecule has 0 atom stereocenters. The highest BCUT2D eigenvalue weighted by Gasteiger charge is 2.09. The van der Waals surface area contributed by atoms with Crippen LogP contribution in [0.5, 0.6) is 0 Å². The molecular formula is C13H12N2O3. The Kier molecular flexibility index (Phi) is 3.49. The molecule has 0 fully saturated rings. The van der Waals surface area contributed by atoms with E-state index in [-0.39, 0.29) is 5.56 Å². The lowest BCUT2D eigenvalue weighted by molar-refractivity contribution is 0.0697. The van der Waals surface area contributed by atoms with Crippen LogP contribution in [-0.2, 0) is 0 Å².